The zero-order chi connectivity index (χ0) is 23.6. The summed E-state index contributed by atoms with van der Waals surface area (Å²) < 4.78 is 6.44. The number of nitrogens with one attached hydrogen (secondary N) is 1. The molecule has 1 saturated heterocycles. The quantitative estimate of drug-likeness (QED) is 0.651. The zero-order valence-electron chi connectivity index (χ0n) is 20.8. The Kier molecular flexibility index (Phi) is 6.64. The van der Waals surface area contributed by atoms with Crippen molar-refractivity contribution in [3.8, 4) is 5.75 Å². The maximum absolute atomic E-state index is 12.3. The third-order valence-corrected chi connectivity index (χ3v) is 8.43. The molecule has 0 bridgehead atoms. The molecule has 4 aliphatic rings. The van der Waals surface area contributed by atoms with Gasteiger partial charge in [-0.3, -0.25) is 9.69 Å². The number of amides is 1. The van der Waals surface area contributed by atoms with Crippen LogP contribution in [0.25, 0.3) is 0 Å². The van der Waals surface area contributed by atoms with Gasteiger partial charge in [0.25, 0.3) is 5.91 Å². The Labute approximate surface area is 209 Å². The predicted molar refractivity (Wildman–Crippen MR) is 138 cm³/mol. The molecule has 6 heteroatoms. The summed E-state index contributed by atoms with van der Waals surface area (Å²) in [6, 6.07) is 11.5. The van der Waals surface area contributed by atoms with E-state index in [0.717, 1.165) is 56.5 Å². The molecule has 1 amide bonds. The van der Waals surface area contributed by atoms with Gasteiger partial charge in [0, 0.05) is 57.8 Å². The number of hydrogen-bond donors (Lipinski definition) is 1. The molecule has 2 saturated carbocycles. The molecule has 0 unspecified atom stereocenters. The molecular formula is C29H38N4O2. The van der Waals surface area contributed by atoms with Crippen molar-refractivity contribution in [2.45, 2.75) is 69.9 Å². The molecule has 6 rings (SSSR count). The SMILES string of the molecule is O=C(NCC1CC1)c1ccc(N2CCC(Oc3ccc4c(c3)CCN(C3CCC3)CC4)CC2)nc1. The van der Waals surface area contributed by atoms with Crippen molar-refractivity contribution >= 4 is 11.7 Å². The Morgan fingerprint density at radius 3 is 2.43 bits per heavy atom. The van der Waals surface area contributed by atoms with E-state index in [0.29, 0.717) is 11.5 Å². The Morgan fingerprint density at radius 2 is 1.74 bits per heavy atom. The van der Waals surface area contributed by atoms with Crippen LogP contribution >= 0.6 is 0 Å². The van der Waals surface area contributed by atoms with Crippen molar-refractivity contribution in [2.24, 2.45) is 5.92 Å². The fourth-order valence-corrected chi connectivity index (χ4v) is 5.67. The van der Waals surface area contributed by atoms with Crippen LogP contribution in [0.3, 0.4) is 0 Å². The Hall–Kier alpha value is -2.60. The van der Waals surface area contributed by atoms with Crippen molar-refractivity contribution in [3.63, 3.8) is 0 Å². The molecule has 0 spiro atoms. The Bertz CT molecular complexity index is 1020. The first kappa shape index (κ1) is 22.8. The largest absolute Gasteiger partial charge is 0.490 e. The molecule has 2 aromatic rings. The minimum absolute atomic E-state index is 0.0143. The number of carbonyl (C=O) groups is 1. The van der Waals surface area contributed by atoms with Gasteiger partial charge < -0.3 is 15.0 Å². The second-order valence-electron chi connectivity index (χ2n) is 10.9. The molecule has 1 N–H and O–H groups in total. The van der Waals surface area contributed by atoms with Crippen LogP contribution in [0.2, 0.25) is 0 Å². The second-order valence-corrected chi connectivity index (χ2v) is 10.9. The number of nitrogens with zero attached hydrogens (tertiary/aromatic N) is 3. The van der Waals surface area contributed by atoms with Crippen LogP contribution in [-0.4, -0.2) is 60.7 Å². The van der Waals surface area contributed by atoms with Gasteiger partial charge >= 0.3 is 0 Å². The monoisotopic (exact) mass is 474 g/mol. The fourth-order valence-electron chi connectivity index (χ4n) is 5.67. The third-order valence-electron chi connectivity index (χ3n) is 8.43. The van der Waals surface area contributed by atoms with Gasteiger partial charge in [-0.05, 0) is 79.8 Å². The molecule has 2 aliphatic heterocycles. The van der Waals surface area contributed by atoms with Crippen LogP contribution in [0.4, 0.5) is 5.82 Å². The standard InChI is InChI=1S/C29H38N4O2/c34-29(31-19-21-4-5-21)24-7-9-28(30-20-24)33-16-12-26(13-17-33)35-27-8-6-22-10-14-32(25-2-1-3-25)15-11-23(22)18-27/h6-9,18,20-21,25-26H,1-5,10-17,19H2,(H,31,34). The second kappa shape index (κ2) is 10.2. The number of piperidine rings is 1. The van der Waals surface area contributed by atoms with Gasteiger partial charge in [-0.2, -0.15) is 0 Å². The number of fused-ring (bicyclic) bond motifs is 1. The van der Waals surface area contributed by atoms with Gasteiger partial charge in [0.05, 0.1) is 5.56 Å². The average Bonchev–Trinajstić information content (AvgIpc) is 3.70. The van der Waals surface area contributed by atoms with Gasteiger partial charge in [-0.1, -0.05) is 12.5 Å². The number of rotatable bonds is 7. The maximum atomic E-state index is 12.3. The predicted octanol–water partition coefficient (Wildman–Crippen LogP) is 4.22. The van der Waals surface area contributed by atoms with E-state index in [1.165, 1.54) is 62.7 Å². The van der Waals surface area contributed by atoms with Crippen LogP contribution in [0.15, 0.2) is 36.5 Å². The lowest BCUT2D eigenvalue weighted by atomic mass is 9.91. The number of pyridine rings is 1. The maximum Gasteiger partial charge on any atom is 0.252 e. The zero-order valence-corrected chi connectivity index (χ0v) is 20.8. The topological polar surface area (TPSA) is 57.7 Å². The van der Waals surface area contributed by atoms with Crippen LogP contribution in [0, 0.1) is 5.92 Å². The Morgan fingerprint density at radius 1 is 0.943 bits per heavy atom. The molecule has 3 fully saturated rings. The van der Waals surface area contributed by atoms with E-state index in [2.05, 4.69) is 38.3 Å². The first-order valence-electron chi connectivity index (χ1n) is 13.7. The third kappa shape index (κ3) is 5.48. The van der Waals surface area contributed by atoms with Crippen LogP contribution < -0.4 is 15.0 Å². The van der Waals surface area contributed by atoms with Gasteiger partial charge in [0.15, 0.2) is 0 Å². The van der Waals surface area contributed by atoms with Crippen molar-refractivity contribution in [1.29, 1.82) is 0 Å². The summed E-state index contributed by atoms with van der Waals surface area (Å²) in [6.45, 7) is 5.03. The molecule has 3 heterocycles. The molecule has 6 nitrogen and oxygen atoms in total. The van der Waals surface area contributed by atoms with Gasteiger partial charge in [0.2, 0.25) is 0 Å². The van der Waals surface area contributed by atoms with E-state index < -0.39 is 0 Å². The fraction of sp³-hybridized carbons (Fsp3) is 0.586. The summed E-state index contributed by atoms with van der Waals surface area (Å²) in [7, 11) is 0. The molecule has 0 atom stereocenters. The summed E-state index contributed by atoms with van der Waals surface area (Å²) >= 11 is 0. The van der Waals surface area contributed by atoms with Crippen LogP contribution in [0.5, 0.6) is 5.75 Å². The summed E-state index contributed by atoms with van der Waals surface area (Å²) in [5.41, 5.74) is 3.63. The van der Waals surface area contributed by atoms with E-state index in [4.69, 9.17) is 4.74 Å². The highest BCUT2D eigenvalue weighted by atomic mass is 16.5. The Balaban J connectivity index is 0.993. The summed E-state index contributed by atoms with van der Waals surface area (Å²) in [5, 5.41) is 3.01. The smallest absolute Gasteiger partial charge is 0.252 e. The van der Waals surface area contributed by atoms with Crippen molar-refractivity contribution < 1.29 is 9.53 Å². The number of benzene rings is 1. The van der Waals surface area contributed by atoms with E-state index in [-0.39, 0.29) is 12.0 Å². The molecular weight excluding hydrogens is 436 g/mol. The highest BCUT2D eigenvalue weighted by Crippen LogP contribution is 2.30. The minimum Gasteiger partial charge on any atom is -0.490 e. The van der Waals surface area contributed by atoms with Crippen LogP contribution in [0.1, 0.15) is 66.4 Å². The minimum atomic E-state index is -0.0143. The van der Waals surface area contributed by atoms with E-state index in [1.54, 1.807) is 6.20 Å². The van der Waals surface area contributed by atoms with Gasteiger partial charge in [0.1, 0.15) is 17.7 Å². The van der Waals surface area contributed by atoms with Gasteiger partial charge in [-0.25, -0.2) is 4.98 Å². The average molecular weight is 475 g/mol. The highest BCUT2D eigenvalue weighted by molar-refractivity contribution is 5.94. The number of aromatic nitrogens is 1. The summed E-state index contributed by atoms with van der Waals surface area (Å²) in [5.74, 6) is 2.64. The molecule has 186 valence electrons. The number of carbonyl (C=O) groups excluding carboxylic acids is 1. The molecule has 0 radical (unpaired) electrons. The van der Waals surface area contributed by atoms with Crippen molar-refractivity contribution in [2.75, 3.05) is 37.6 Å². The molecule has 1 aromatic heterocycles. The van der Waals surface area contributed by atoms with E-state index in [1.807, 2.05) is 12.1 Å². The normalized spacial score (nSPS) is 21.7. The lowest BCUT2D eigenvalue weighted by molar-refractivity contribution is 0.0951. The lowest BCUT2D eigenvalue weighted by Crippen LogP contribution is -2.41. The number of anilines is 1. The van der Waals surface area contributed by atoms with E-state index in [9.17, 15) is 4.79 Å². The van der Waals surface area contributed by atoms with Crippen molar-refractivity contribution in [3.05, 3.63) is 53.2 Å². The van der Waals surface area contributed by atoms with Gasteiger partial charge in [-0.15, -0.1) is 0 Å². The summed E-state index contributed by atoms with van der Waals surface area (Å²) in [6.07, 6.45) is 12.9. The number of hydrogen-bond acceptors (Lipinski definition) is 5. The number of ether oxygens (including phenoxy) is 1. The van der Waals surface area contributed by atoms with Crippen LogP contribution in [-0.2, 0) is 12.8 Å². The summed E-state index contributed by atoms with van der Waals surface area (Å²) in [4.78, 5) is 21.9. The molecule has 2 aliphatic carbocycles. The first-order chi connectivity index (χ1) is 17.2. The van der Waals surface area contributed by atoms with E-state index >= 15 is 0 Å². The highest BCUT2D eigenvalue weighted by Gasteiger charge is 2.27. The first-order valence-corrected chi connectivity index (χ1v) is 13.7. The molecule has 1 aromatic carbocycles. The lowest BCUT2D eigenvalue weighted by Gasteiger charge is -2.36. The van der Waals surface area contributed by atoms with Crippen molar-refractivity contribution in [1.82, 2.24) is 15.2 Å². The molecule has 35 heavy (non-hydrogen) atoms.